The molecule has 1 amide bonds. The average Bonchev–Trinajstić information content (AvgIpc) is 2.77. The van der Waals surface area contributed by atoms with E-state index in [0.29, 0.717) is 27.9 Å². The summed E-state index contributed by atoms with van der Waals surface area (Å²) in [6.07, 6.45) is -2.21. The smallest absolute Gasteiger partial charge is 0.406 e. The summed E-state index contributed by atoms with van der Waals surface area (Å²) in [5.41, 5.74) is 3.97. The third-order valence-corrected chi connectivity index (χ3v) is 5.07. The maximum absolute atomic E-state index is 12.5. The molecule has 0 aliphatic heterocycles. The largest absolute Gasteiger partial charge is 0.573 e. The van der Waals surface area contributed by atoms with Crippen LogP contribution in [0, 0.1) is 18.9 Å². The lowest BCUT2D eigenvalue weighted by Crippen LogP contribution is -2.26. The number of anilines is 1. The lowest BCUT2D eigenvalue weighted by molar-refractivity contribution is -0.274. The number of benzene rings is 2. The van der Waals surface area contributed by atoms with Gasteiger partial charge in [-0.25, -0.2) is 0 Å². The van der Waals surface area contributed by atoms with Crippen LogP contribution >= 0.6 is 0 Å². The van der Waals surface area contributed by atoms with Crippen LogP contribution in [0.2, 0.25) is 0 Å². The van der Waals surface area contributed by atoms with Crippen molar-refractivity contribution in [3.05, 3.63) is 59.2 Å². The van der Waals surface area contributed by atoms with Crippen molar-refractivity contribution in [3.8, 4) is 28.8 Å². The number of alkyl halides is 3. The molecule has 34 heavy (non-hydrogen) atoms. The van der Waals surface area contributed by atoms with E-state index in [1.807, 2.05) is 6.92 Å². The number of carbonyl (C=O) groups excluding carboxylic acids is 1. The molecule has 0 aromatic heterocycles. The Morgan fingerprint density at radius 3 is 2.35 bits per heavy atom. The van der Waals surface area contributed by atoms with E-state index in [2.05, 4.69) is 16.7 Å². The van der Waals surface area contributed by atoms with Crippen molar-refractivity contribution in [2.24, 2.45) is 0 Å². The van der Waals surface area contributed by atoms with Crippen LogP contribution in [0.4, 0.5) is 18.9 Å². The molecule has 0 radical (unpaired) electrons. The van der Waals surface area contributed by atoms with Gasteiger partial charge >= 0.3 is 6.36 Å². The second kappa shape index (κ2) is 11.6. The zero-order valence-corrected chi connectivity index (χ0v) is 19.4. The van der Waals surface area contributed by atoms with Crippen molar-refractivity contribution in [2.45, 2.75) is 33.4 Å². The SMILES string of the molecule is CC#CN(C)c1c(C)c(-c2ccc(OC(F)(F)F)cc2)cc(CN(C)C(=O)/C=C/CO)c1CO. The predicted octanol–water partition coefficient (Wildman–Crippen LogP) is 3.98. The molecule has 0 fully saturated rings. The topological polar surface area (TPSA) is 73.2 Å². The van der Waals surface area contributed by atoms with E-state index in [9.17, 15) is 23.1 Å². The fourth-order valence-corrected chi connectivity index (χ4v) is 3.62. The van der Waals surface area contributed by atoms with Gasteiger partial charge in [-0.05, 0) is 54.3 Å². The Labute approximate surface area is 196 Å². The molecule has 0 aliphatic rings. The number of aliphatic hydroxyl groups excluding tert-OH is 2. The fourth-order valence-electron chi connectivity index (χ4n) is 3.62. The van der Waals surface area contributed by atoms with Crippen LogP contribution < -0.4 is 9.64 Å². The van der Waals surface area contributed by atoms with Crippen molar-refractivity contribution in [1.82, 2.24) is 4.90 Å². The van der Waals surface area contributed by atoms with Gasteiger partial charge in [-0.3, -0.25) is 4.79 Å². The number of likely N-dealkylation sites (N-methyl/N-ethyl adjacent to an activating group) is 1. The molecular weight excluding hydrogens is 449 g/mol. The van der Waals surface area contributed by atoms with E-state index >= 15 is 0 Å². The maximum atomic E-state index is 12.5. The predicted molar refractivity (Wildman–Crippen MR) is 124 cm³/mol. The highest BCUT2D eigenvalue weighted by molar-refractivity contribution is 5.87. The third-order valence-electron chi connectivity index (χ3n) is 5.07. The molecule has 182 valence electrons. The summed E-state index contributed by atoms with van der Waals surface area (Å²) in [6, 6.07) is 10.2. The summed E-state index contributed by atoms with van der Waals surface area (Å²) in [6.45, 7) is 3.08. The minimum atomic E-state index is -4.79. The minimum Gasteiger partial charge on any atom is -0.406 e. The number of ether oxygens (including phenoxy) is 1. The van der Waals surface area contributed by atoms with E-state index in [0.717, 1.165) is 5.56 Å². The van der Waals surface area contributed by atoms with Gasteiger partial charge < -0.3 is 24.7 Å². The second-order valence-corrected chi connectivity index (χ2v) is 7.47. The maximum Gasteiger partial charge on any atom is 0.573 e. The monoisotopic (exact) mass is 476 g/mol. The first-order chi connectivity index (χ1) is 16.0. The molecule has 2 aromatic carbocycles. The van der Waals surface area contributed by atoms with Crippen molar-refractivity contribution in [2.75, 3.05) is 25.6 Å². The van der Waals surface area contributed by atoms with Gasteiger partial charge in [-0.1, -0.05) is 24.1 Å². The average molecular weight is 476 g/mol. The van der Waals surface area contributed by atoms with Gasteiger partial charge in [-0.15, -0.1) is 13.2 Å². The highest BCUT2D eigenvalue weighted by Crippen LogP contribution is 2.37. The Morgan fingerprint density at radius 1 is 1.18 bits per heavy atom. The van der Waals surface area contributed by atoms with E-state index in [4.69, 9.17) is 5.11 Å². The van der Waals surface area contributed by atoms with E-state index in [-0.39, 0.29) is 31.4 Å². The number of halogens is 3. The van der Waals surface area contributed by atoms with Crippen LogP contribution in [0.1, 0.15) is 23.6 Å². The molecule has 0 saturated heterocycles. The van der Waals surface area contributed by atoms with Gasteiger partial charge in [0, 0.05) is 38.3 Å². The molecule has 2 aromatic rings. The molecule has 0 unspecified atom stereocenters. The normalized spacial score (nSPS) is 11.2. The van der Waals surface area contributed by atoms with Gasteiger partial charge in [0.15, 0.2) is 0 Å². The summed E-state index contributed by atoms with van der Waals surface area (Å²) >= 11 is 0. The molecule has 2 rings (SSSR count). The summed E-state index contributed by atoms with van der Waals surface area (Å²) in [5.74, 6) is 2.14. The van der Waals surface area contributed by atoms with Crippen LogP contribution in [0.15, 0.2) is 42.5 Å². The number of amides is 1. The fraction of sp³-hybridized carbons (Fsp3) is 0.320. The quantitative estimate of drug-likeness (QED) is 0.343. The molecule has 0 aliphatic carbocycles. The first-order valence-corrected chi connectivity index (χ1v) is 10.3. The zero-order chi connectivity index (χ0) is 25.5. The molecule has 0 bridgehead atoms. The summed E-state index contributed by atoms with van der Waals surface area (Å²) in [7, 11) is 3.33. The Hall–Kier alpha value is -3.48. The van der Waals surface area contributed by atoms with Gasteiger partial charge in [0.1, 0.15) is 5.75 Å². The summed E-state index contributed by atoms with van der Waals surface area (Å²) < 4.78 is 41.5. The third kappa shape index (κ3) is 6.76. The number of aliphatic hydroxyl groups is 2. The van der Waals surface area contributed by atoms with Crippen LogP contribution in [-0.2, 0) is 17.9 Å². The first kappa shape index (κ1) is 26.8. The van der Waals surface area contributed by atoms with Crippen LogP contribution in [0.5, 0.6) is 5.75 Å². The molecule has 6 nitrogen and oxygen atoms in total. The molecule has 0 spiro atoms. The lowest BCUT2D eigenvalue weighted by atomic mass is 9.91. The van der Waals surface area contributed by atoms with Gasteiger partial charge in [-0.2, -0.15) is 0 Å². The molecule has 2 N–H and O–H groups in total. The minimum absolute atomic E-state index is 0.146. The van der Waals surface area contributed by atoms with Crippen molar-refractivity contribution in [3.63, 3.8) is 0 Å². The van der Waals surface area contributed by atoms with E-state index in [1.165, 1.54) is 41.3 Å². The summed E-state index contributed by atoms with van der Waals surface area (Å²) in [5, 5.41) is 19.1. The first-order valence-electron chi connectivity index (χ1n) is 10.3. The summed E-state index contributed by atoms with van der Waals surface area (Å²) in [4.78, 5) is 15.4. The highest BCUT2D eigenvalue weighted by Gasteiger charge is 2.31. The van der Waals surface area contributed by atoms with Crippen LogP contribution in [0.25, 0.3) is 11.1 Å². The van der Waals surface area contributed by atoms with Crippen molar-refractivity contribution in [1.29, 1.82) is 0 Å². The molecule has 0 saturated carbocycles. The molecule has 9 heteroatoms. The van der Waals surface area contributed by atoms with E-state index in [1.54, 1.807) is 32.0 Å². The van der Waals surface area contributed by atoms with Crippen molar-refractivity contribution < 1.29 is 32.9 Å². The van der Waals surface area contributed by atoms with Crippen LogP contribution in [-0.4, -0.2) is 48.1 Å². The molecule has 0 atom stereocenters. The number of rotatable bonds is 8. The standard InChI is InChI=1S/C25H27F3N2O4/c1-5-12-29(3)24-17(2)21(18-8-10-20(11-9-18)34-25(26,27)28)14-19(22(24)16-32)15-30(4)23(33)7-6-13-31/h6-11,14,31-32H,13,15-16H2,1-4H3/b7-6+. The zero-order valence-electron chi connectivity index (χ0n) is 19.4. The van der Waals surface area contributed by atoms with E-state index < -0.39 is 6.36 Å². The Bertz CT molecular complexity index is 1100. The Morgan fingerprint density at radius 2 is 1.82 bits per heavy atom. The number of carbonyl (C=O) groups is 1. The Balaban J connectivity index is 2.63. The van der Waals surface area contributed by atoms with Crippen LogP contribution in [0.3, 0.4) is 0 Å². The van der Waals surface area contributed by atoms with Crippen molar-refractivity contribution >= 4 is 11.6 Å². The van der Waals surface area contributed by atoms with Gasteiger partial charge in [0.2, 0.25) is 5.91 Å². The van der Waals surface area contributed by atoms with Gasteiger partial charge in [0.25, 0.3) is 0 Å². The van der Waals surface area contributed by atoms with Gasteiger partial charge in [0.05, 0.1) is 18.9 Å². The number of hydrogen-bond acceptors (Lipinski definition) is 5. The Kier molecular flexibility index (Phi) is 9.12. The number of nitrogens with zero attached hydrogens (tertiary/aromatic N) is 2. The molecular formula is C25H27F3N2O4. The highest BCUT2D eigenvalue weighted by atomic mass is 19.4. The second-order valence-electron chi connectivity index (χ2n) is 7.47. The molecule has 0 heterocycles. The lowest BCUT2D eigenvalue weighted by Gasteiger charge is -2.26. The number of hydrogen-bond donors (Lipinski definition) is 2.